The Bertz CT molecular complexity index is 873. The zero-order valence-electron chi connectivity index (χ0n) is 11.5. The van der Waals surface area contributed by atoms with Crippen LogP contribution in [0.2, 0.25) is 0 Å². The SMILES string of the molecule is S=C1Cc2cc3ccccc3cc2[C]=C1c1ccccc1. The molecule has 1 heteroatoms. The molecule has 99 valence electrons. The number of thiocarbonyl (C=S) groups is 1. The molecule has 21 heavy (non-hydrogen) atoms. The summed E-state index contributed by atoms with van der Waals surface area (Å²) >= 11 is 5.61. The Hall–Kier alpha value is -2.25. The average Bonchev–Trinajstić information content (AvgIpc) is 2.53. The number of allylic oxidation sites excluding steroid dienone is 1. The second kappa shape index (κ2) is 4.94. The lowest BCUT2D eigenvalue weighted by atomic mass is 9.87. The van der Waals surface area contributed by atoms with Gasteiger partial charge in [-0.05, 0) is 39.6 Å². The summed E-state index contributed by atoms with van der Waals surface area (Å²) < 4.78 is 0. The lowest BCUT2D eigenvalue weighted by Crippen LogP contribution is -2.10. The van der Waals surface area contributed by atoms with Gasteiger partial charge in [-0.1, -0.05) is 72.9 Å². The molecule has 0 heterocycles. The molecule has 0 fully saturated rings. The van der Waals surface area contributed by atoms with E-state index >= 15 is 0 Å². The van der Waals surface area contributed by atoms with Crippen molar-refractivity contribution in [3.05, 3.63) is 89.5 Å². The first-order chi connectivity index (χ1) is 10.3. The molecule has 3 aromatic carbocycles. The molecular weight excluding hydrogens is 272 g/mol. The minimum absolute atomic E-state index is 0.826. The topological polar surface area (TPSA) is 0 Å². The van der Waals surface area contributed by atoms with Crippen molar-refractivity contribution >= 4 is 33.4 Å². The summed E-state index contributed by atoms with van der Waals surface area (Å²) in [5, 5.41) is 2.52. The maximum Gasteiger partial charge on any atom is 0.0281 e. The number of benzene rings is 3. The average molecular weight is 285 g/mol. The van der Waals surface area contributed by atoms with Gasteiger partial charge in [-0.3, -0.25) is 0 Å². The van der Waals surface area contributed by atoms with Crippen LogP contribution >= 0.6 is 12.2 Å². The van der Waals surface area contributed by atoms with E-state index in [0.29, 0.717) is 0 Å². The van der Waals surface area contributed by atoms with Gasteiger partial charge in [0.15, 0.2) is 0 Å². The van der Waals surface area contributed by atoms with E-state index in [1.807, 2.05) is 18.2 Å². The van der Waals surface area contributed by atoms with E-state index in [0.717, 1.165) is 22.4 Å². The summed E-state index contributed by atoms with van der Waals surface area (Å²) in [5.74, 6) is 0. The van der Waals surface area contributed by atoms with Crippen LogP contribution in [0.25, 0.3) is 16.3 Å². The fraction of sp³-hybridized carbons (Fsp3) is 0.0500. The lowest BCUT2D eigenvalue weighted by Gasteiger charge is -2.18. The largest absolute Gasteiger partial charge is 0.0839 e. The van der Waals surface area contributed by atoms with Crippen molar-refractivity contribution in [1.29, 1.82) is 0 Å². The van der Waals surface area contributed by atoms with Gasteiger partial charge in [0.2, 0.25) is 0 Å². The molecule has 4 rings (SSSR count). The molecule has 1 aliphatic rings. The van der Waals surface area contributed by atoms with Gasteiger partial charge in [-0.15, -0.1) is 0 Å². The molecular formula is C20H13S. The third-order valence-electron chi connectivity index (χ3n) is 3.92. The summed E-state index contributed by atoms with van der Waals surface area (Å²) in [6.07, 6.45) is 4.36. The van der Waals surface area contributed by atoms with Gasteiger partial charge in [-0.2, -0.15) is 0 Å². The predicted octanol–water partition coefficient (Wildman–Crippen LogP) is 5.00. The quantitative estimate of drug-likeness (QED) is 0.567. The predicted molar refractivity (Wildman–Crippen MR) is 92.4 cm³/mol. The Balaban J connectivity index is 1.91. The van der Waals surface area contributed by atoms with E-state index in [1.54, 1.807) is 0 Å². The Labute approximate surface area is 129 Å². The minimum Gasteiger partial charge on any atom is -0.0839 e. The molecule has 1 radical (unpaired) electrons. The van der Waals surface area contributed by atoms with Crippen LogP contribution in [0, 0.1) is 6.08 Å². The van der Waals surface area contributed by atoms with Gasteiger partial charge in [0, 0.05) is 16.9 Å². The molecule has 0 atom stereocenters. The molecule has 0 aromatic heterocycles. The van der Waals surface area contributed by atoms with Gasteiger partial charge < -0.3 is 0 Å². The van der Waals surface area contributed by atoms with Crippen LogP contribution in [0.1, 0.15) is 16.7 Å². The zero-order valence-corrected chi connectivity index (χ0v) is 12.3. The minimum atomic E-state index is 0.826. The molecule has 0 spiro atoms. The maximum atomic E-state index is 5.61. The van der Waals surface area contributed by atoms with Crippen LogP contribution in [0.3, 0.4) is 0 Å². The first kappa shape index (κ1) is 12.5. The summed E-state index contributed by atoms with van der Waals surface area (Å²) in [6.45, 7) is 0. The zero-order chi connectivity index (χ0) is 14.2. The molecule has 3 aromatic rings. The van der Waals surface area contributed by atoms with Gasteiger partial charge in [0.1, 0.15) is 0 Å². The van der Waals surface area contributed by atoms with E-state index < -0.39 is 0 Å². The smallest absolute Gasteiger partial charge is 0.0281 e. The van der Waals surface area contributed by atoms with Crippen molar-refractivity contribution in [3.63, 3.8) is 0 Å². The van der Waals surface area contributed by atoms with Crippen molar-refractivity contribution in [1.82, 2.24) is 0 Å². The fourth-order valence-corrected chi connectivity index (χ4v) is 3.18. The van der Waals surface area contributed by atoms with Crippen molar-refractivity contribution in [2.24, 2.45) is 0 Å². The molecule has 0 unspecified atom stereocenters. The molecule has 0 aliphatic heterocycles. The summed E-state index contributed by atoms with van der Waals surface area (Å²) in [5.41, 5.74) is 4.66. The van der Waals surface area contributed by atoms with Gasteiger partial charge >= 0.3 is 0 Å². The second-order valence-electron chi connectivity index (χ2n) is 5.32. The standard InChI is InChI=1S/C20H13S/c21-20-13-18-11-16-9-5-4-8-15(16)10-17(18)12-19(20)14-6-2-1-3-7-14/h1-11H,13H2. The number of fused-ring (bicyclic) bond motifs is 2. The summed E-state index contributed by atoms with van der Waals surface area (Å²) in [6, 6.07) is 23.2. The van der Waals surface area contributed by atoms with E-state index in [1.165, 1.54) is 21.9 Å². The van der Waals surface area contributed by atoms with Crippen LogP contribution in [-0.2, 0) is 6.42 Å². The molecule has 0 saturated heterocycles. The maximum absolute atomic E-state index is 5.61. The lowest BCUT2D eigenvalue weighted by molar-refractivity contribution is 1.31. The Morgan fingerprint density at radius 2 is 1.48 bits per heavy atom. The first-order valence-corrected chi connectivity index (χ1v) is 7.46. The van der Waals surface area contributed by atoms with Crippen molar-refractivity contribution < 1.29 is 0 Å². The number of hydrogen-bond donors (Lipinski definition) is 0. The first-order valence-electron chi connectivity index (χ1n) is 7.05. The number of hydrogen-bond acceptors (Lipinski definition) is 1. The summed E-state index contributed by atoms with van der Waals surface area (Å²) in [7, 11) is 0. The molecule has 0 saturated carbocycles. The fourth-order valence-electron chi connectivity index (χ4n) is 2.85. The van der Waals surface area contributed by atoms with Crippen LogP contribution in [0.4, 0.5) is 0 Å². The number of rotatable bonds is 1. The molecule has 0 amide bonds. The van der Waals surface area contributed by atoms with E-state index in [-0.39, 0.29) is 0 Å². The summed E-state index contributed by atoms with van der Waals surface area (Å²) in [4.78, 5) is 0.976. The van der Waals surface area contributed by atoms with Crippen molar-refractivity contribution in [2.75, 3.05) is 0 Å². The van der Waals surface area contributed by atoms with Gasteiger partial charge in [-0.25, -0.2) is 0 Å². The third kappa shape index (κ3) is 2.20. The van der Waals surface area contributed by atoms with Gasteiger partial charge in [0.25, 0.3) is 0 Å². The normalized spacial score (nSPS) is 13.9. The van der Waals surface area contributed by atoms with Gasteiger partial charge in [0.05, 0.1) is 0 Å². The third-order valence-corrected chi connectivity index (χ3v) is 4.27. The molecule has 1 aliphatic carbocycles. The highest BCUT2D eigenvalue weighted by Gasteiger charge is 2.17. The Morgan fingerprint density at radius 1 is 0.810 bits per heavy atom. The Morgan fingerprint density at radius 3 is 2.24 bits per heavy atom. The van der Waals surface area contributed by atoms with Crippen LogP contribution in [0.5, 0.6) is 0 Å². The van der Waals surface area contributed by atoms with Crippen molar-refractivity contribution in [3.8, 4) is 0 Å². The van der Waals surface area contributed by atoms with Crippen LogP contribution in [-0.4, -0.2) is 4.86 Å². The highest BCUT2D eigenvalue weighted by atomic mass is 32.1. The molecule has 0 N–H and O–H groups in total. The van der Waals surface area contributed by atoms with E-state index in [9.17, 15) is 0 Å². The highest BCUT2D eigenvalue weighted by molar-refractivity contribution is 7.81. The second-order valence-corrected chi connectivity index (χ2v) is 5.82. The Kier molecular flexibility index (Phi) is 2.94. The molecule has 0 nitrogen and oxygen atoms in total. The van der Waals surface area contributed by atoms with Crippen LogP contribution in [0.15, 0.2) is 66.7 Å². The van der Waals surface area contributed by atoms with E-state index in [2.05, 4.69) is 54.6 Å². The van der Waals surface area contributed by atoms with E-state index in [4.69, 9.17) is 12.2 Å². The van der Waals surface area contributed by atoms with Crippen molar-refractivity contribution in [2.45, 2.75) is 6.42 Å². The molecule has 0 bridgehead atoms. The van der Waals surface area contributed by atoms with Crippen LogP contribution < -0.4 is 0 Å². The highest BCUT2D eigenvalue weighted by Crippen LogP contribution is 2.30. The monoisotopic (exact) mass is 285 g/mol.